The molecule has 0 heterocycles. The Morgan fingerprint density at radius 3 is 2.00 bits per heavy atom. The Hall–Kier alpha value is -0.260. The summed E-state index contributed by atoms with van der Waals surface area (Å²) in [5.41, 5.74) is 2.33. The van der Waals surface area contributed by atoms with E-state index < -0.39 is 0 Å². The summed E-state index contributed by atoms with van der Waals surface area (Å²) >= 11 is 0. The zero-order chi connectivity index (χ0) is 9.92. The van der Waals surface area contributed by atoms with Crippen molar-refractivity contribution in [3.63, 3.8) is 0 Å². The van der Waals surface area contributed by atoms with Gasteiger partial charge in [-0.1, -0.05) is 26.0 Å². The molecule has 78 valence electrons. The molecule has 4 atom stereocenters. The molecule has 0 amide bonds. The second kappa shape index (κ2) is 2.65. The van der Waals surface area contributed by atoms with Gasteiger partial charge in [0.15, 0.2) is 0 Å². The summed E-state index contributed by atoms with van der Waals surface area (Å²) in [5, 5.41) is 0. The van der Waals surface area contributed by atoms with Crippen molar-refractivity contribution in [3.05, 3.63) is 12.2 Å². The molecular weight excluding hydrogens is 168 g/mol. The molecule has 3 aliphatic rings. The molecule has 3 aliphatic carbocycles. The van der Waals surface area contributed by atoms with Crippen LogP contribution in [0.2, 0.25) is 0 Å². The van der Waals surface area contributed by atoms with Crippen molar-refractivity contribution in [2.75, 3.05) is 0 Å². The first-order valence-electron chi connectivity index (χ1n) is 6.28. The molecule has 0 saturated heterocycles. The third-order valence-corrected chi connectivity index (χ3v) is 5.61. The molecule has 0 aliphatic heterocycles. The van der Waals surface area contributed by atoms with Crippen LogP contribution in [0, 0.1) is 29.1 Å². The van der Waals surface area contributed by atoms with Gasteiger partial charge in [-0.05, 0) is 61.2 Å². The van der Waals surface area contributed by atoms with Crippen LogP contribution in [0.15, 0.2) is 12.2 Å². The van der Waals surface area contributed by atoms with E-state index in [2.05, 4.69) is 20.4 Å². The Balaban J connectivity index is 1.81. The lowest BCUT2D eigenvalue weighted by Crippen LogP contribution is -2.30. The van der Waals surface area contributed by atoms with Crippen molar-refractivity contribution >= 4 is 0 Å². The highest BCUT2D eigenvalue weighted by Crippen LogP contribution is 2.69. The molecular formula is C14H22. The van der Waals surface area contributed by atoms with E-state index in [1.165, 1.54) is 32.1 Å². The maximum atomic E-state index is 4.20. The van der Waals surface area contributed by atoms with Gasteiger partial charge in [0, 0.05) is 0 Å². The van der Waals surface area contributed by atoms with Crippen LogP contribution in [-0.2, 0) is 0 Å². The fourth-order valence-corrected chi connectivity index (χ4v) is 4.70. The van der Waals surface area contributed by atoms with E-state index >= 15 is 0 Å². The SMILES string of the molecule is C=C1C[C@@H]2C[C@H](C1)CC1(C2)C(C)C1C. The molecule has 3 fully saturated rings. The minimum atomic E-state index is 0.786. The molecule has 3 saturated carbocycles. The first kappa shape index (κ1) is 9.00. The van der Waals surface area contributed by atoms with Crippen molar-refractivity contribution < 1.29 is 0 Å². The highest BCUT2D eigenvalue weighted by molar-refractivity contribution is 5.15. The number of rotatable bonds is 0. The maximum Gasteiger partial charge on any atom is -0.0235 e. The van der Waals surface area contributed by atoms with Gasteiger partial charge >= 0.3 is 0 Å². The second-order valence-electron chi connectivity index (χ2n) is 6.34. The van der Waals surface area contributed by atoms with Crippen molar-refractivity contribution in [1.29, 1.82) is 0 Å². The van der Waals surface area contributed by atoms with Crippen LogP contribution in [0.25, 0.3) is 0 Å². The molecule has 0 aromatic rings. The van der Waals surface area contributed by atoms with Crippen LogP contribution in [0.1, 0.15) is 46.0 Å². The topological polar surface area (TPSA) is 0 Å². The first-order valence-corrected chi connectivity index (χ1v) is 6.28. The van der Waals surface area contributed by atoms with Gasteiger partial charge in [-0.2, -0.15) is 0 Å². The maximum absolute atomic E-state index is 4.20. The van der Waals surface area contributed by atoms with E-state index in [1.807, 2.05) is 0 Å². The Morgan fingerprint density at radius 2 is 1.57 bits per heavy atom. The van der Waals surface area contributed by atoms with Crippen LogP contribution in [-0.4, -0.2) is 0 Å². The molecule has 0 N–H and O–H groups in total. The Kier molecular flexibility index (Phi) is 1.70. The monoisotopic (exact) mass is 190 g/mol. The Labute approximate surface area is 87.8 Å². The highest BCUT2D eigenvalue weighted by Gasteiger charge is 2.61. The van der Waals surface area contributed by atoms with Gasteiger partial charge in [0.2, 0.25) is 0 Å². The van der Waals surface area contributed by atoms with E-state index in [0.717, 1.165) is 29.1 Å². The average molecular weight is 190 g/mol. The lowest BCUT2D eigenvalue weighted by Gasteiger charge is -2.41. The fourth-order valence-electron chi connectivity index (χ4n) is 4.70. The smallest absolute Gasteiger partial charge is 0.0235 e. The van der Waals surface area contributed by atoms with Gasteiger partial charge < -0.3 is 0 Å². The van der Waals surface area contributed by atoms with E-state index in [1.54, 1.807) is 5.57 Å². The lowest BCUT2D eigenvalue weighted by atomic mass is 9.64. The molecule has 0 radical (unpaired) electrons. The molecule has 2 bridgehead atoms. The average Bonchev–Trinajstić information content (AvgIpc) is 2.55. The van der Waals surface area contributed by atoms with Crippen molar-refractivity contribution in [3.8, 4) is 0 Å². The second-order valence-corrected chi connectivity index (χ2v) is 6.34. The van der Waals surface area contributed by atoms with E-state index in [-0.39, 0.29) is 0 Å². The number of allylic oxidation sites excluding steroid dienone is 1. The largest absolute Gasteiger partial charge is 0.0998 e. The van der Waals surface area contributed by atoms with E-state index in [9.17, 15) is 0 Å². The molecule has 0 heteroatoms. The molecule has 2 unspecified atom stereocenters. The molecule has 0 aromatic heterocycles. The predicted molar refractivity (Wildman–Crippen MR) is 60.0 cm³/mol. The zero-order valence-electron chi connectivity index (χ0n) is 9.55. The zero-order valence-corrected chi connectivity index (χ0v) is 9.55. The van der Waals surface area contributed by atoms with Crippen LogP contribution in [0.5, 0.6) is 0 Å². The van der Waals surface area contributed by atoms with E-state index in [4.69, 9.17) is 0 Å². The fraction of sp³-hybridized carbons (Fsp3) is 0.857. The summed E-state index contributed by atoms with van der Waals surface area (Å²) in [6.45, 7) is 9.15. The van der Waals surface area contributed by atoms with Gasteiger partial charge in [-0.25, -0.2) is 0 Å². The van der Waals surface area contributed by atoms with Crippen LogP contribution >= 0.6 is 0 Å². The molecule has 3 rings (SSSR count). The quantitative estimate of drug-likeness (QED) is 0.506. The summed E-state index contributed by atoms with van der Waals surface area (Å²) in [6, 6.07) is 0. The standard InChI is InChI=1S/C14H22/c1-9-4-12-6-13(5-9)8-14(7-12)10(2)11(14)3/h10-13H,1,4-8H2,2-3H3/t10?,11?,12-,13+,14?. The molecule has 0 aromatic carbocycles. The third kappa shape index (κ3) is 1.06. The third-order valence-electron chi connectivity index (χ3n) is 5.61. The number of hydrogen-bond donors (Lipinski definition) is 0. The summed E-state index contributed by atoms with van der Waals surface area (Å²) in [6.07, 6.45) is 7.24. The highest BCUT2D eigenvalue weighted by atomic mass is 14.7. The van der Waals surface area contributed by atoms with Crippen molar-refractivity contribution in [2.24, 2.45) is 29.1 Å². The summed E-state index contributed by atoms with van der Waals surface area (Å²) in [4.78, 5) is 0. The molecule has 14 heavy (non-hydrogen) atoms. The van der Waals surface area contributed by atoms with Gasteiger partial charge in [0.1, 0.15) is 0 Å². The molecule has 0 nitrogen and oxygen atoms in total. The van der Waals surface area contributed by atoms with Gasteiger partial charge in [0.25, 0.3) is 0 Å². The van der Waals surface area contributed by atoms with Gasteiger partial charge in [-0.3, -0.25) is 0 Å². The van der Waals surface area contributed by atoms with Gasteiger partial charge in [0.05, 0.1) is 0 Å². The minimum Gasteiger partial charge on any atom is -0.0998 e. The van der Waals surface area contributed by atoms with Gasteiger partial charge in [-0.15, -0.1) is 0 Å². The summed E-state index contributed by atoms with van der Waals surface area (Å²) in [7, 11) is 0. The Morgan fingerprint density at radius 1 is 1.07 bits per heavy atom. The van der Waals surface area contributed by atoms with Crippen molar-refractivity contribution in [2.45, 2.75) is 46.0 Å². The predicted octanol–water partition coefficient (Wildman–Crippen LogP) is 4.02. The summed E-state index contributed by atoms with van der Waals surface area (Å²) < 4.78 is 0. The van der Waals surface area contributed by atoms with E-state index in [0.29, 0.717) is 0 Å². The summed E-state index contributed by atoms with van der Waals surface area (Å²) in [5.74, 6) is 4.03. The van der Waals surface area contributed by atoms with Crippen LogP contribution < -0.4 is 0 Å². The number of hydrogen-bond acceptors (Lipinski definition) is 0. The van der Waals surface area contributed by atoms with Crippen molar-refractivity contribution in [1.82, 2.24) is 0 Å². The van der Waals surface area contributed by atoms with Crippen LogP contribution in [0.3, 0.4) is 0 Å². The molecule has 1 spiro atoms. The number of fused-ring (bicyclic) bond motifs is 2. The minimum absolute atomic E-state index is 0.786. The first-order chi connectivity index (χ1) is 6.62. The normalized spacial score (nSPS) is 56.3. The lowest BCUT2D eigenvalue weighted by molar-refractivity contribution is 0.133. The Bertz CT molecular complexity index is 250. The van der Waals surface area contributed by atoms with Crippen LogP contribution in [0.4, 0.5) is 0 Å².